The Morgan fingerprint density at radius 2 is 2.07 bits per heavy atom. The van der Waals surface area contributed by atoms with Gasteiger partial charge >= 0.3 is 0 Å². The summed E-state index contributed by atoms with van der Waals surface area (Å²) < 4.78 is 19.6. The van der Waals surface area contributed by atoms with Crippen molar-refractivity contribution >= 4 is 5.65 Å². The summed E-state index contributed by atoms with van der Waals surface area (Å²) in [5, 5.41) is 11.4. The van der Waals surface area contributed by atoms with Crippen LogP contribution in [-0.2, 0) is 15.1 Å². The molecule has 146 valence electrons. The molecule has 3 heterocycles. The van der Waals surface area contributed by atoms with Crippen molar-refractivity contribution in [3.63, 3.8) is 0 Å². The van der Waals surface area contributed by atoms with Crippen molar-refractivity contribution in [2.75, 3.05) is 20.3 Å². The molecule has 0 aliphatic carbocycles. The molecule has 4 rings (SSSR count). The zero-order valence-corrected chi connectivity index (χ0v) is 16.0. The lowest BCUT2D eigenvalue weighted by atomic mass is 9.80. The Morgan fingerprint density at radius 3 is 2.79 bits per heavy atom. The van der Waals surface area contributed by atoms with Crippen molar-refractivity contribution < 1.29 is 19.3 Å². The molecular formula is C22H24N2O4. The largest absolute Gasteiger partial charge is 0.479 e. The Balaban J connectivity index is 1.91. The predicted octanol–water partition coefficient (Wildman–Crippen LogP) is 3.18. The van der Waals surface area contributed by atoms with E-state index in [0.29, 0.717) is 30.2 Å². The Hall–Kier alpha value is -2.67. The number of imidazole rings is 1. The molecule has 1 N–H and O–H groups in total. The molecule has 0 saturated carbocycles. The Morgan fingerprint density at radius 1 is 1.29 bits per heavy atom. The highest BCUT2D eigenvalue weighted by Gasteiger charge is 2.50. The second-order valence-corrected chi connectivity index (χ2v) is 6.90. The van der Waals surface area contributed by atoms with Gasteiger partial charge in [0.2, 0.25) is 0 Å². The van der Waals surface area contributed by atoms with Gasteiger partial charge in [-0.2, -0.15) is 0 Å². The minimum absolute atomic E-state index is 0.305. The number of aryl methyl sites for hydroxylation is 1. The zero-order chi connectivity index (χ0) is 19.7. The summed E-state index contributed by atoms with van der Waals surface area (Å²) in [7, 11) is 1.61. The van der Waals surface area contributed by atoms with E-state index >= 15 is 0 Å². The lowest BCUT2D eigenvalue weighted by Gasteiger charge is -2.44. The number of methoxy groups -OCH3 is 1. The first-order valence-electron chi connectivity index (χ1n) is 9.25. The normalized spacial score (nSPS) is 24.0. The minimum atomic E-state index is -1.14. The number of aliphatic hydroxyl groups is 1. The molecule has 0 saturated heterocycles. The molecule has 2 unspecified atom stereocenters. The van der Waals surface area contributed by atoms with Crippen LogP contribution in [0, 0.1) is 6.92 Å². The van der Waals surface area contributed by atoms with Gasteiger partial charge in [0.15, 0.2) is 17.5 Å². The van der Waals surface area contributed by atoms with Crippen LogP contribution in [0.15, 0.2) is 61.4 Å². The van der Waals surface area contributed by atoms with E-state index in [1.165, 1.54) is 0 Å². The van der Waals surface area contributed by atoms with Crippen LogP contribution >= 0.6 is 0 Å². The van der Waals surface area contributed by atoms with Crippen molar-refractivity contribution in [3.05, 3.63) is 78.3 Å². The van der Waals surface area contributed by atoms with Gasteiger partial charge in [-0.25, -0.2) is 4.98 Å². The quantitative estimate of drug-likeness (QED) is 0.526. The lowest BCUT2D eigenvalue weighted by molar-refractivity contribution is -0.154. The lowest BCUT2D eigenvalue weighted by Crippen LogP contribution is -2.49. The van der Waals surface area contributed by atoms with Crippen LogP contribution in [0.3, 0.4) is 0 Å². The number of pyridine rings is 1. The molecule has 6 nitrogen and oxygen atoms in total. The average Bonchev–Trinajstić information content (AvgIpc) is 3.10. The van der Waals surface area contributed by atoms with Crippen LogP contribution in [0.2, 0.25) is 0 Å². The first kappa shape index (κ1) is 18.7. The number of fused-ring (bicyclic) bond motifs is 3. The van der Waals surface area contributed by atoms with E-state index in [9.17, 15) is 5.11 Å². The predicted molar refractivity (Wildman–Crippen MR) is 105 cm³/mol. The Kier molecular flexibility index (Phi) is 4.93. The monoisotopic (exact) mass is 380 g/mol. The topological polar surface area (TPSA) is 65.2 Å². The number of nitrogens with zero attached hydrogens (tertiary/aromatic N) is 2. The minimum Gasteiger partial charge on any atom is -0.479 e. The van der Waals surface area contributed by atoms with E-state index in [1.54, 1.807) is 13.2 Å². The molecule has 3 atom stereocenters. The average molecular weight is 380 g/mol. The van der Waals surface area contributed by atoms with E-state index in [-0.39, 0.29) is 0 Å². The fraction of sp³-hybridized carbons (Fsp3) is 0.318. The summed E-state index contributed by atoms with van der Waals surface area (Å²) in [4.78, 5) is 4.62. The maximum absolute atomic E-state index is 11.4. The van der Waals surface area contributed by atoms with E-state index in [0.717, 1.165) is 11.3 Å². The molecule has 1 aliphatic heterocycles. The van der Waals surface area contributed by atoms with Crippen LogP contribution in [0.1, 0.15) is 22.9 Å². The van der Waals surface area contributed by atoms with Crippen molar-refractivity contribution in [1.29, 1.82) is 0 Å². The third kappa shape index (κ3) is 2.90. The smallest absolute Gasteiger partial charge is 0.180 e. The highest BCUT2D eigenvalue weighted by Crippen LogP contribution is 2.49. The molecule has 0 bridgehead atoms. The van der Waals surface area contributed by atoms with Gasteiger partial charge in [0, 0.05) is 25.1 Å². The number of benzene rings is 1. The summed E-state index contributed by atoms with van der Waals surface area (Å²) in [6.07, 6.45) is 3.86. The molecule has 0 radical (unpaired) electrons. The van der Waals surface area contributed by atoms with Crippen molar-refractivity contribution in [1.82, 2.24) is 9.38 Å². The first-order chi connectivity index (χ1) is 13.6. The molecule has 28 heavy (non-hydrogen) atoms. The van der Waals surface area contributed by atoms with Gasteiger partial charge in [-0.15, -0.1) is 0 Å². The van der Waals surface area contributed by atoms with E-state index < -0.39 is 17.8 Å². The number of aromatic nitrogens is 2. The Labute approximate surface area is 164 Å². The van der Waals surface area contributed by atoms with E-state index in [2.05, 4.69) is 11.6 Å². The molecular weight excluding hydrogens is 356 g/mol. The fourth-order valence-corrected chi connectivity index (χ4v) is 3.79. The van der Waals surface area contributed by atoms with Gasteiger partial charge in [0.25, 0.3) is 0 Å². The molecule has 2 aromatic heterocycles. The molecule has 1 aliphatic rings. The van der Waals surface area contributed by atoms with Crippen LogP contribution < -0.4 is 4.74 Å². The van der Waals surface area contributed by atoms with Gasteiger partial charge < -0.3 is 23.7 Å². The van der Waals surface area contributed by atoms with Crippen molar-refractivity contribution in [3.8, 4) is 5.75 Å². The molecule has 0 fully saturated rings. The summed E-state index contributed by atoms with van der Waals surface area (Å²) in [5.74, 6) is 0.590. The number of rotatable bonds is 6. The summed E-state index contributed by atoms with van der Waals surface area (Å²) >= 11 is 0. The van der Waals surface area contributed by atoms with Gasteiger partial charge in [-0.1, -0.05) is 43.0 Å². The van der Waals surface area contributed by atoms with Gasteiger partial charge in [0.05, 0.1) is 18.9 Å². The second-order valence-electron chi connectivity index (χ2n) is 6.90. The first-order valence-corrected chi connectivity index (χ1v) is 9.25. The van der Waals surface area contributed by atoms with Crippen molar-refractivity contribution in [2.24, 2.45) is 0 Å². The number of hydrogen-bond acceptors (Lipinski definition) is 5. The van der Waals surface area contributed by atoms with Crippen LogP contribution in [-0.4, -0.2) is 40.9 Å². The van der Waals surface area contributed by atoms with Gasteiger partial charge in [-0.05, 0) is 18.6 Å². The highest BCUT2D eigenvalue weighted by molar-refractivity contribution is 5.63. The fourth-order valence-electron chi connectivity index (χ4n) is 3.79. The zero-order valence-electron chi connectivity index (χ0n) is 16.0. The summed E-state index contributed by atoms with van der Waals surface area (Å²) in [6, 6.07) is 11.5. The Bertz CT molecular complexity index is 985. The van der Waals surface area contributed by atoms with E-state index in [4.69, 9.17) is 14.2 Å². The maximum Gasteiger partial charge on any atom is 0.180 e. The van der Waals surface area contributed by atoms with Gasteiger partial charge in [-0.3, -0.25) is 0 Å². The van der Waals surface area contributed by atoms with E-state index in [1.807, 2.05) is 60.1 Å². The van der Waals surface area contributed by atoms with Crippen LogP contribution in [0.25, 0.3) is 5.65 Å². The standard InChI is InChI=1S/C22H24N2O4/c1-4-22(27-13-12-26-3)17-10-11-24-14-15(2)23-21(24)19(17)28-18(20(22)25)16-8-6-5-7-9-16/h4-11,14,18,20,25H,1,12-13H2,2-3H3/t18-,20?,22?/m1/s1. The SMILES string of the molecule is C=CC1(OCCOC)c2ccn3cc(C)nc3c2O[C@H](c2ccccc2)C1O. The number of hydrogen-bond donors (Lipinski definition) is 1. The van der Waals surface area contributed by atoms with Crippen molar-refractivity contribution in [2.45, 2.75) is 24.7 Å². The molecule has 3 aromatic rings. The summed E-state index contributed by atoms with van der Waals surface area (Å²) in [6.45, 7) is 6.63. The molecule has 6 heteroatoms. The second kappa shape index (κ2) is 7.39. The van der Waals surface area contributed by atoms with Crippen LogP contribution in [0.4, 0.5) is 0 Å². The summed E-state index contributed by atoms with van der Waals surface area (Å²) in [5.41, 5.74) is 1.98. The van der Waals surface area contributed by atoms with Crippen LogP contribution in [0.5, 0.6) is 5.75 Å². The maximum atomic E-state index is 11.4. The molecule has 0 spiro atoms. The number of aliphatic hydroxyl groups excluding tert-OH is 1. The third-order valence-electron chi connectivity index (χ3n) is 5.15. The highest BCUT2D eigenvalue weighted by atomic mass is 16.6. The number of ether oxygens (including phenoxy) is 3. The van der Waals surface area contributed by atoms with Gasteiger partial charge in [0.1, 0.15) is 11.7 Å². The molecule has 0 amide bonds. The molecule has 1 aromatic carbocycles. The third-order valence-corrected chi connectivity index (χ3v) is 5.15.